The van der Waals surface area contributed by atoms with E-state index in [0.29, 0.717) is 0 Å². The van der Waals surface area contributed by atoms with Crippen molar-refractivity contribution in [2.45, 2.75) is 64.7 Å². The summed E-state index contributed by atoms with van der Waals surface area (Å²) in [4.78, 5) is 2.55. The largest absolute Gasteiger partial charge is 0.380 e. The zero-order valence-electron chi connectivity index (χ0n) is 11.8. The Morgan fingerprint density at radius 1 is 0.824 bits per heavy atom. The second-order valence-electron chi connectivity index (χ2n) is 5.28. The molecule has 0 atom stereocenters. The van der Waals surface area contributed by atoms with Gasteiger partial charge in [0.25, 0.3) is 0 Å². The van der Waals surface area contributed by atoms with E-state index in [1.54, 1.807) is 0 Å². The Morgan fingerprint density at radius 3 is 2.29 bits per heavy atom. The Hall–Kier alpha value is -0.0800. The summed E-state index contributed by atoms with van der Waals surface area (Å²) < 4.78 is 5.70. The lowest BCUT2D eigenvalue weighted by atomic mass is 10.1. The van der Waals surface area contributed by atoms with E-state index in [4.69, 9.17) is 4.74 Å². The number of likely N-dealkylation sites (tertiary alicyclic amines) is 1. The lowest BCUT2D eigenvalue weighted by Gasteiger charge is -2.26. The van der Waals surface area contributed by atoms with Crippen LogP contribution in [0.2, 0.25) is 0 Å². The second-order valence-corrected chi connectivity index (χ2v) is 5.28. The number of ether oxygens (including phenoxy) is 1. The molecule has 0 unspecified atom stereocenters. The van der Waals surface area contributed by atoms with Crippen molar-refractivity contribution in [3.8, 4) is 0 Å². The molecule has 0 aromatic carbocycles. The fourth-order valence-electron chi connectivity index (χ4n) is 2.46. The van der Waals surface area contributed by atoms with Gasteiger partial charge in [-0.1, -0.05) is 45.4 Å². The highest BCUT2D eigenvalue weighted by molar-refractivity contribution is 4.63. The van der Waals surface area contributed by atoms with Crippen LogP contribution in [0.15, 0.2) is 0 Å². The molecule has 1 aliphatic rings. The number of nitrogens with zero attached hydrogens (tertiary/aromatic N) is 1. The standard InChI is InChI=1S/C15H31NO/c1-2-3-4-5-6-10-14-17-15-13-16-11-8-7-9-12-16/h2-15H2,1H3. The fourth-order valence-corrected chi connectivity index (χ4v) is 2.46. The van der Waals surface area contributed by atoms with E-state index in [2.05, 4.69) is 11.8 Å². The van der Waals surface area contributed by atoms with Crippen LogP contribution in [-0.4, -0.2) is 37.7 Å². The van der Waals surface area contributed by atoms with Crippen molar-refractivity contribution in [3.05, 3.63) is 0 Å². The fraction of sp³-hybridized carbons (Fsp3) is 1.00. The Morgan fingerprint density at radius 2 is 1.53 bits per heavy atom. The minimum atomic E-state index is 0.939. The smallest absolute Gasteiger partial charge is 0.0593 e. The maximum atomic E-state index is 5.70. The quantitative estimate of drug-likeness (QED) is 0.539. The monoisotopic (exact) mass is 241 g/mol. The van der Waals surface area contributed by atoms with Crippen LogP contribution in [0.1, 0.15) is 64.7 Å². The normalized spacial score (nSPS) is 17.5. The zero-order chi connectivity index (χ0) is 12.2. The molecule has 0 N–H and O–H groups in total. The van der Waals surface area contributed by atoms with Gasteiger partial charge < -0.3 is 9.64 Å². The Labute approximate surface area is 108 Å². The van der Waals surface area contributed by atoms with E-state index in [1.165, 1.54) is 70.9 Å². The Kier molecular flexibility index (Phi) is 9.72. The van der Waals surface area contributed by atoms with Crippen LogP contribution in [0.3, 0.4) is 0 Å². The van der Waals surface area contributed by atoms with Crippen LogP contribution in [0.5, 0.6) is 0 Å². The summed E-state index contributed by atoms with van der Waals surface area (Å²) in [5.74, 6) is 0. The van der Waals surface area contributed by atoms with Gasteiger partial charge in [0.05, 0.1) is 6.61 Å². The molecule has 1 saturated heterocycles. The molecule has 2 nitrogen and oxygen atoms in total. The third-order valence-electron chi connectivity index (χ3n) is 3.64. The third kappa shape index (κ3) is 8.62. The van der Waals surface area contributed by atoms with Gasteiger partial charge >= 0.3 is 0 Å². The van der Waals surface area contributed by atoms with Gasteiger partial charge in [0.15, 0.2) is 0 Å². The molecule has 0 radical (unpaired) electrons. The van der Waals surface area contributed by atoms with Crippen molar-refractivity contribution in [2.24, 2.45) is 0 Å². The average Bonchev–Trinajstić information content (AvgIpc) is 2.38. The SMILES string of the molecule is CCCCCCCCOCCN1CCCCC1. The summed E-state index contributed by atoms with van der Waals surface area (Å²) in [6.45, 7) is 7.91. The lowest BCUT2D eigenvalue weighted by Crippen LogP contribution is -2.32. The topological polar surface area (TPSA) is 12.5 Å². The molecule has 0 spiro atoms. The molecular weight excluding hydrogens is 210 g/mol. The van der Waals surface area contributed by atoms with Crippen LogP contribution >= 0.6 is 0 Å². The maximum absolute atomic E-state index is 5.70. The first-order chi connectivity index (χ1) is 8.43. The van der Waals surface area contributed by atoms with E-state index >= 15 is 0 Å². The highest BCUT2D eigenvalue weighted by Crippen LogP contribution is 2.08. The zero-order valence-corrected chi connectivity index (χ0v) is 11.8. The van der Waals surface area contributed by atoms with E-state index < -0.39 is 0 Å². The van der Waals surface area contributed by atoms with Crippen LogP contribution in [0.4, 0.5) is 0 Å². The summed E-state index contributed by atoms with van der Waals surface area (Å²) >= 11 is 0. The summed E-state index contributed by atoms with van der Waals surface area (Å²) in [5, 5.41) is 0. The molecule has 0 bridgehead atoms. The average molecular weight is 241 g/mol. The van der Waals surface area contributed by atoms with Crippen molar-refractivity contribution in [2.75, 3.05) is 32.8 Å². The van der Waals surface area contributed by atoms with E-state index in [9.17, 15) is 0 Å². The Bertz CT molecular complexity index is 155. The molecule has 0 saturated carbocycles. The summed E-state index contributed by atoms with van der Waals surface area (Å²) in [6.07, 6.45) is 12.3. The van der Waals surface area contributed by atoms with Gasteiger partial charge in [-0.15, -0.1) is 0 Å². The van der Waals surface area contributed by atoms with Crippen molar-refractivity contribution < 1.29 is 4.74 Å². The minimum Gasteiger partial charge on any atom is -0.380 e. The first kappa shape index (κ1) is 15.0. The molecule has 1 heterocycles. The molecule has 102 valence electrons. The van der Waals surface area contributed by atoms with Crippen molar-refractivity contribution >= 4 is 0 Å². The second kappa shape index (κ2) is 11.0. The van der Waals surface area contributed by atoms with Crippen LogP contribution < -0.4 is 0 Å². The predicted octanol–water partition coefficient (Wildman–Crippen LogP) is 3.85. The molecule has 1 rings (SSSR count). The lowest BCUT2D eigenvalue weighted by molar-refractivity contribution is 0.0938. The van der Waals surface area contributed by atoms with Crippen LogP contribution in [0, 0.1) is 0 Å². The van der Waals surface area contributed by atoms with Crippen molar-refractivity contribution in [1.82, 2.24) is 4.90 Å². The minimum absolute atomic E-state index is 0.939. The van der Waals surface area contributed by atoms with Gasteiger partial charge in [-0.3, -0.25) is 0 Å². The third-order valence-corrected chi connectivity index (χ3v) is 3.64. The molecule has 17 heavy (non-hydrogen) atoms. The summed E-state index contributed by atoms with van der Waals surface area (Å²) in [6, 6.07) is 0. The van der Waals surface area contributed by atoms with Gasteiger partial charge in [0, 0.05) is 13.2 Å². The van der Waals surface area contributed by atoms with Gasteiger partial charge in [0.1, 0.15) is 0 Å². The molecular formula is C15H31NO. The van der Waals surface area contributed by atoms with Crippen LogP contribution in [0.25, 0.3) is 0 Å². The van der Waals surface area contributed by atoms with E-state index in [-0.39, 0.29) is 0 Å². The molecule has 2 heteroatoms. The van der Waals surface area contributed by atoms with Crippen molar-refractivity contribution in [1.29, 1.82) is 0 Å². The highest BCUT2D eigenvalue weighted by atomic mass is 16.5. The van der Waals surface area contributed by atoms with E-state index in [0.717, 1.165) is 19.8 Å². The van der Waals surface area contributed by atoms with Gasteiger partial charge in [0.2, 0.25) is 0 Å². The highest BCUT2D eigenvalue weighted by Gasteiger charge is 2.08. The van der Waals surface area contributed by atoms with Gasteiger partial charge in [-0.05, 0) is 32.4 Å². The molecule has 1 fully saturated rings. The predicted molar refractivity (Wildman–Crippen MR) is 74.5 cm³/mol. The van der Waals surface area contributed by atoms with Gasteiger partial charge in [-0.2, -0.15) is 0 Å². The Balaban J connectivity index is 1.75. The first-order valence-corrected chi connectivity index (χ1v) is 7.73. The van der Waals surface area contributed by atoms with Crippen molar-refractivity contribution in [3.63, 3.8) is 0 Å². The number of rotatable bonds is 10. The molecule has 0 aliphatic carbocycles. The number of hydrogen-bond donors (Lipinski definition) is 0. The van der Waals surface area contributed by atoms with Crippen LogP contribution in [-0.2, 0) is 4.74 Å². The molecule has 0 aromatic heterocycles. The first-order valence-electron chi connectivity index (χ1n) is 7.73. The molecule has 1 aliphatic heterocycles. The number of piperidine rings is 1. The van der Waals surface area contributed by atoms with E-state index in [1.807, 2.05) is 0 Å². The maximum Gasteiger partial charge on any atom is 0.0593 e. The molecule has 0 amide bonds. The summed E-state index contributed by atoms with van der Waals surface area (Å²) in [7, 11) is 0. The number of hydrogen-bond acceptors (Lipinski definition) is 2. The molecule has 0 aromatic rings. The number of unbranched alkanes of at least 4 members (excludes halogenated alkanes) is 5. The van der Waals surface area contributed by atoms with Gasteiger partial charge in [-0.25, -0.2) is 0 Å². The summed E-state index contributed by atoms with van der Waals surface area (Å²) in [5.41, 5.74) is 0.